The second-order valence-electron chi connectivity index (χ2n) is 9.52. The van der Waals surface area contributed by atoms with Gasteiger partial charge in [-0.25, -0.2) is 0 Å². The van der Waals surface area contributed by atoms with Gasteiger partial charge in [0.05, 0.1) is 19.3 Å². The van der Waals surface area contributed by atoms with Gasteiger partial charge in [0.1, 0.15) is 11.9 Å². The Kier molecular flexibility index (Phi) is 9.14. The van der Waals surface area contributed by atoms with Crippen LogP contribution in [0.15, 0.2) is 36.4 Å². The second-order valence-corrected chi connectivity index (χ2v) is 10.5. The number of thioether (sulfide) groups is 1. The lowest BCUT2D eigenvalue weighted by molar-refractivity contribution is -0.306. The number of hydrogen-bond acceptors (Lipinski definition) is 7. The highest BCUT2D eigenvalue weighted by Crippen LogP contribution is 2.43. The molecule has 4 rings (SSSR count). The number of amides is 1. The first-order valence-corrected chi connectivity index (χ1v) is 13.7. The molecule has 3 aliphatic heterocycles. The zero-order valence-electron chi connectivity index (χ0n) is 20.8. The number of methoxy groups -OCH3 is 2. The van der Waals surface area contributed by atoms with Crippen molar-refractivity contribution in [1.29, 1.82) is 0 Å². The van der Waals surface area contributed by atoms with Crippen molar-refractivity contribution in [3.05, 3.63) is 42.0 Å². The van der Waals surface area contributed by atoms with E-state index < -0.39 is 5.79 Å². The molecule has 1 unspecified atom stereocenters. The normalized spacial score (nSPS) is 31.5. The van der Waals surface area contributed by atoms with Crippen LogP contribution in [0.4, 0.5) is 4.79 Å². The Labute approximate surface area is 212 Å². The number of allylic oxidation sites excluding steroid dienone is 2. The number of carbonyl (C=O) groups is 2. The molecule has 0 spiro atoms. The number of carbonyl (C=O) groups excluding carboxylic acids is 2. The van der Waals surface area contributed by atoms with Gasteiger partial charge in [-0.3, -0.25) is 9.59 Å². The summed E-state index contributed by atoms with van der Waals surface area (Å²) < 4.78 is 24.0. The first kappa shape index (κ1) is 26.0. The van der Waals surface area contributed by atoms with E-state index in [1.54, 1.807) is 14.2 Å². The highest BCUT2D eigenvalue weighted by Gasteiger charge is 2.54. The van der Waals surface area contributed by atoms with Crippen molar-refractivity contribution < 1.29 is 28.5 Å². The van der Waals surface area contributed by atoms with Crippen molar-refractivity contribution in [1.82, 2.24) is 4.90 Å². The van der Waals surface area contributed by atoms with Crippen molar-refractivity contribution in [2.75, 3.05) is 20.0 Å². The Balaban J connectivity index is 1.55. The maximum absolute atomic E-state index is 12.9. The van der Waals surface area contributed by atoms with E-state index in [1.807, 2.05) is 29.2 Å². The van der Waals surface area contributed by atoms with E-state index in [1.165, 1.54) is 11.8 Å². The molecule has 3 heterocycles. The molecule has 0 N–H and O–H groups in total. The van der Waals surface area contributed by atoms with Gasteiger partial charge in [-0.2, -0.15) is 0 Å². The highest BCUT2D eigenvalue weighted by atomic mass is 32.2. The van der Waals surface area contributed by atoms with Crippen LogP contribution >= 0.6 is 11.8 Å². The number of benzene rings is 1. The number of ether oxygens (including phenoxy) is 4. The summed E-state index contributed by atoms with van der Waals surface area (Å²) in [5.74, 6) is 0.165. The quantitative estimate of drug-likeness (QED) is 0.390. The van der Waals surface area contributed by atoms with Crippen molar-refractivity contribution in [2.24, 2.45) is 0 Å². The van der Waals surface area contributed by atoms with E-state index in [4.69, 9.17) is 18.9 Å². The lowest BCUT2D eigenvalue weighted by atomic mass is 9.90. The Morgan fingerprint density at radius 1 is 1.06 bits per heavy atom. The largest absolute Gasteiger partial charge is 0.497 e. The van der Waals surface area contributed by atoms with Gasteiger partial charge in [0.15, 0.2) is 5.79 Å². The first-order valence-electron chi connectivity index (χ1n) is 12.7. The van der Waals surface area contributed by atoms with E-state index in [2.05, 4.69) is 12.2 Å². The predicted molar refractivity (Wildman–Crippen MR) is 135 cm³/mol. The molecule has 1 aromatic carbocycles. The Morgan fingerprint density at radius 2 is 1.83 bits per heavy atom. The van der Waals surface area contributed by atoms with E-state index in [0.29, 0.717) is 31.6 Å². The monoisotopic (exact) mass is 503 g/mol. The highest BCUT2D eigenvalue weighted by molar-refractivity contribution is 8.13. The number of esters is 1. The van der Waals surface area contributed by atoms with Gasteiger partial charge in [0.2, 0.25) is 0 Å². The summed E-state index contributed by atoms with van der Waals surface area (Å²) >= 11 is 1.29. The fourth-order valence-electron chi connectivity index (χ4n) is 5.21. The fourth-order valence-corrected chi connectivity index (χ4v) is 6.31. The minimum Gasteiger partial charge on any atom is -0.497 e. The van der Waals surface area contributed by atoms with E-state index in [9.17, 15) is 9.59 Å². The number of fused-ring (bicyclic) bond motifs is 2. The summed E-state index contributed by atoms with van der Waals surface area (Å²) in [7, 11) is 3.28. The maximum atomic E-state index is 12.9. The number of hydrogen-bond donors (Lipinski definition) is 0. The lowest BCUT2D eigenvalue weighted by Gasteiger charge is -2.48. The molecule has 1 aromatic rings. The lowest BCUT2D eigenvalue weighted by Crippen LogP contribution is -2.60. The average molecular weight is 504 g/mol. The molecule has 2 bridgehead atoms. The van der Waals surface area contributed by atoms with Crippen LogP contribution in [0.5, 0.6) is 5.75 Å². The van der Waals surface area contributed by atoms with Gasteiger partial charge >= 0.3 is 5.97 Å². The first-order chi connectivity index (χ1) is 17.0. The molecule has 4 atom stereocenters. The zero-order valence-corrected chi connectivity index (χ0v) is 21.6. The van der Waals surface area contributed by atoms with E-state index >= 15 is 0 Å². The molecule has 8 heteroatoms. The third-order valence-corrected chi connectivity index (χ3v) is 8.07. The minimum atomic E-state index is -1.02. The summed E-state index contributed by atoms with van der Waals surface area (Å²) in [5, 5.41) is 0.00814. The third kappa shape index (κ3) is 6.60. The van der Waals surface area contributed by atoms with Crippen molar-refractivity contribution >= 4 is 23.0 Å². The molecule has 0 saturated carbocycles. The molecule has 192 valence electrons. The van der Waals surface area contributed by atoms with Gasteiger partial charge in [-0.15, -0.1) is 0 Å². The van der Waals surface area contributed by atoms with Crippen LogP contribution in [-0.2, 0) is 25.5 Å². The van der Waals surface area contributed by atoms with Crippen molar-refractivity contribution in [3.63, 3.8) is 0 Å². The van der Waals surface area contributed by atoms with Gasteiger partial charge in [0, 0.05) is 38.7 Å². The standard InChI is InChI=1S/C27H37NO6S/c1-31-21-14-12-20(13-15-21)18-28-24(19-35-26(28)30)27(32-2)17-23-16-22(34-27)10-8-6-4-3-5-7-9-11-25(29)33-23/h3-4,12-15,22-24H,5-11,16-19H2,1-2H3/b4-3-/t22-,23?,24-,27-/m1/s1. The molecule has 2 saturated heterocycles. The summed E-state index contributed by atoms with van der Waals surface area (Å²) in [6.45, 7) is 0.453. The number of nitrogens with zero attached hydrogens (tertiary/aromatic N) is 1. The average Bonchev–Trinajstić information content (AvgIpc) is 3.23. The van der Waals surface area contributed by atoms with Crippen LogP contribution in [0, 0.1) is 0 Å². The van der Waals surface area contributed by atoms with Crippen LogP contribution in [0.1, 0.15) is 63.4 Å². The van der Waals surface area contributed by atoms with Gasteiger partial charge in [-0.1, -0.05) is 36.0 Å². The van der Waals surface area contributed by atoms with Gasteiger partial charge in [-0.05, 0) is 56.2 Å². The molecule has 3 aliphatic rings. The van der Waals surface area contributed by atoms with Crippen LogP contribution in [-0.4, -0.2) is 60.1 Å². The Morgan fingerprint density at radius 3 is 2.57 bits per heavy atom. The van der Waals surface area contributed by atoms with E-state index in [-0.39, 0.29) is 29.5 Å². The molecule has 1 amide bonds. The molecule has 7 nitrogen and oxygen atoms in total. The van der Waals surface area contributed by atoms with Gasteiger partial charge in [0.25, 0.3) is 5.24 Å². The summed E-state index contributed by atoms with van der Waals surface area (Å²) in [6.07, 6.45) is 11.2. The molecule has 2 fully saturated rings. The zero-order chi connectivity index (χ0) is 24.7. The second kappa shape index (κ2) is 12.3. The third-order valence-electron chi connectivity index (χ3n) is 7.11. The van der Waals surface area contributed by atoms with E-state index in [0.717, 1.165) is 49.8 Å². The van der Waals surface area contributed by atoms with Crippen LogP contribution in [0.3, 0.4) is 0 Å². The summed E-state index contributed by atoms with van der Waals surface area (Å²) in [6, 6.07) is 7.46. The summed E-state index contributed by atoms with van der Waals surface area (Å²) in [5.41, 5.74) is 1.01. The predicted octanol–water partition coefficient (Wildman–Crippen LogP) is 5.47. The minimum absolute atomic E-state index is 0.00814. The Bertz CT molecular complexity index is 890. The Hall–Kier alpha value is -2.03. The van der Waals surface area contributed by atoms with Crippen LogP contribution < -0.4 is 4.74 Å². The fraction of sp³-hybridized carbons (Fsp3) is 0.630. The molecular formula is C27H37NO6S. The van der Waals surface area contributed by atoms with Gasteiger partial charge < -0.3 is 23.8 Å². The topological polar surface area (TPSA) is 74.3 Å². The van der Waals surface area contributed by atoms with Crippen molar-refractivity contribution in [2.45, 2.75) is 88.4 Å². The number of rotatable bonds is 5. The molecule has 0 aliphatic carbocycles. The van der Waals surface area contributed by atoms with Crippen LogP contribution in [0.25, 0.3) is 0 Å². The molecular weight excluding hydrogens is 466 g/mol. The van der Waals surface area contributed by atoms with Crippen molar-refractivity contribution in [3.8, 4) is 5.75 Å². The maximum Gasteiger partial charge on any atom is 0.306 e. The summed E-state index contributed by atoms with van der Waals surface area (Å²) in [4.78, 5) is 27.4. The SMILES string of the molecule is COc1ccc(CN2C(=O)SC[C@@H]2[C@@]2(OC)CC3C[C@@H](CCC/C=C\CCCCC(=O)O3)O2)cc1. The van der Waals surface area contributed by atoms with Crippen LogP contribution in [0.2, 0.25) is 0 Å². The molecule has 35 heavy (non-hydrogen) atoms. The molecule has 0 aromatic heterocycles. The molecule has 0 radical (unpaired) electrons. The smallest absolute Gasteiger partial charge is 0.306 e.